The van der Waals surface area contributed by atoms with Gasteiger partial charge in [0.25, 0.3) is 12.3 Å². The second-order valence-corrected chi connectivity index (χ2v) is 7.15. The second-order valence-electron chi connectivity index (χ2n) is 7.15. The Hall–Kier alpha value is -2.81. The van der Waals surface area contributed by atoms with Crippen LogP contribution >= 0.6 is 0 Å². The summed E-state index contributed by atoms with van der Waals surface area (Å²) in [4.78, 5) is 11.9. The monoisotopic (exact) mass is 420 g/mol. The number of rotatable bonds is 9. The van der Waals surface area contributed by atoms with Crippen molar-refractivity contribution in [3.05, 3.63) is 60.2 Å². The molecule has 0 bridgehead atoms. The van der Waals surface area contributed by atoms with Gasteiger partial charge in [0.2, 0.25) is 0 Å². The quantitative estimate of drug-likeness (QED) is 0.369. The highest BCUT2D eigenvalue weighted by Gasteiger charge is 2.54. The molecule has 6 nitrogen and oxygen atoms in total. The molecule has 30 heavy (non-hydrogen) atoms. The maximum atomic E-state index is 13.2. The number of hydroxylamine groups is 1. The summed E-state index contributed by atoms with van der Waals surface area (Å²) in [5.74, 6) is -0.402. The van der Waals surface area contributed by atoms with E-state index in [1.54, 1.807) is 19.3 Å². The molecule has 0 aliphatic carbocycles. The molecule has 0 saturated heterocycles. The second kappa shape index (κ2) is 9.80. The Morgan fingerprint density at radius 2 is 1.83 bits per heavy atom. The maximum Gasteiger partial charge on any atom is 0.268 e. The number of alkyl halides is 2. The van der Waals surface area contributed by atoms with Crippen LogP contribution in [0, 0.1) is 0 Å². The number of halogens is 2. The van der Waals surface area contributed by atoms with Crippen LogP contribution in [-0.2, 0) is 4.79 Å². The first-order valence-corrected chi connectivity index (χ1v) is 9.27. The number of carbonyl (C=O) groups excluding carboxylic acids is 1. The third kappa shape index (κ3) is 5.02. The minimum Gasteiger partial charge on any atom is -0.497 e. The van der Waals surface area contributed by atoms with E-state index >= 15 is 0 Å². The van der Waals surface area contributed by atoms with Gasteiger partial charge in [-0.2, -0.15) is 0 Å². The van der Waals surface area contributed by atoms with E-state index in [-0.39, 0.29) is 6.54 Å². The van der Waals surface area contributed by atoms with Gasteiger partial charge in [-0.15, -0.1) is 0 Å². The van der Waals surface area contributed by atoms with E-state index in [2.05, 4.69) is 5.32 Å². The molecule has 2 rings (SSSR count). The molecule has 2 unspecified atom stereocenters. The van der Waals surface area contributed by atoms with E-state index in [4.69, 9.17) is 9.94 Å². The molecule has 4 N–H and O–H groups in total. The van der Waals surface area contributed by atoms with Crippen molar-refractivity contribution in [1.82, 2.24) is 10.8 Å². The van der Waals surface area contributed by atoms with E-state index in [1.807, 2.05) is 48.5 Å². The number of aliphatic hydroxyl groups is 1. The average molecular weight is 420 g/mol. The molecule has 0 aliphatic rings. The fourth-order valence-corrected chi connectivity index (χ4v) is 2.87. The van der Waals surface area contributed by atoms with Gasteiger partial charge in [-0.25, -0.2) is 14.3 Å². The summed E-state index contributed by atoms with van der Waals surface area (Å²) in [6.45, 7) is 1.94. The molecule has 2 atom stereocenters. The molecule has 0 aromatic heterocycles. The van der Waals surface area contributed by atoms with Gasteiger partial charge in [-0.3, -0.25) is 15.3 Å². The van der Waals surface area contributed by atoms with E-state index in [9.17, 15) is 18.7 Å². The molecule has 2 aromatic carbocycles. The third-order valence-electron chi connectivity index (χ3n) is 5.19. The molecule has 162 valence electrons. The van der Waals surface area contributed by atoms with Crippen molar-refractivity contribution in [2.24, 2.45) is 0 Å². The van der Waals surface area contributed by atoms with Crippen LogP contribution in [0.4, 0.5) is 8.78 Å². The van der Waals surface area contributed by atoms with Gasteiger partial charge < -0.3 is 9.84 Å². The molecule has 0 heterocycles. The summed E-state index contributed by atoms with van der Waals surface area (Å²) >= 11 is 0. The Bertz CT molecular complexity index is 885. The largest absolute Gasteiger partial charge is 0.497 e. The van der Waals surface area contributed by atoms with E-state index in [1.165, 1.54) is 5.48 Å². The maximum absolute atomic E-state index is 13.2. The molecule has 0 fully saturated rings. The highest BCUT2D eigenvalue weighted by molar-refractivity contribution is 5.86. The SMILES string of the molecule is COc1cccc(-c2ccc(/C=C/CNC(C)(C(=O)NO)C(C)(O)C(F)F)cc2)c1. The van der Waals surface area contributed by atoms with Gasteiger partial charge in [-0.1, -0.05) is 48.6 Å². The Labute approximate surface area is 174 Å². The number of carbonyl (C=O) groups is 1. The Balaban J connectivity index is 2.08. The lowest BCUT2D eigenvalue weighted by Gasteiger charge is -2.40. The Morgan fingerprint density at radius 3 is 2.40 bits per heavy atom. The first kappa shape index (κ1) is 23.5. The van der Waals surface area contributed by atoms with Crippen molar-refractivity contribution < 1.29 is 28.6 Å². The van der Waals surface area contributed by atoms with Crippen LogP contribution in [0.5, 0.6) is 5.75 Å². The summed E-state index contributed by atoms with van der Waals surface area (Å²) in [7, 11) is 1.61. The molecule has 1 amide bonds. The van der Waals surface area contributed by atoms with Crippen molar-refractivity contribution >= 4 is 12.0 Å². The van der Waals surface area contributed by atoms with Gasteiger partial charge >= 0.3 is 0 Å². The predicted molar refractivity (Wildman–Crippen MR) is 110 cm³/mol. The molecule has 2 aromatic rings. The number of hydrogen-bond acceptors (Lipinski definition) is 5. The normalized spacial score (nSPS) is 15.6. The molecule has 0 spiro atoms. The summed E-state index contributed by atoms with van der Waals surface area (Å²) in [6, 6.07) is 15.3. The smallest absolute Gasteiger partial charge is 0.268 e. The van der Waals surface area contributed by atoms with E-state index in [0.29, 0.717) is 0 Å². The lowest BCUT2D eigenvalue weighted by molar-refractivity contribution is -0.166. The van der Waals surface area contributed by atoms with Gasteiger partial charge in [0, 0.05) is 6.54 Å². The lowest BCUT2D eigenvalue weighted by atomic mass is 9.81. The van der Waals surface area contributed by atoms with Crippen LogP contribution in [0.2, 0.25) is 0 Å². The Morgan fingerprint density at radius 1 is 1.17 bits per heavy atom. The van der Waals surface area contributed by atoms with Crippen LogP contribution in [0.3, 0.4) is 0 Å². The number of nitrogens with one attached hydrogen (secondary N) is 2. The minimum atomic E-state index is -3.21. The first-order chi connectivity index (χ1) is 14.2. The van der Waals surface area contributed by atoms with E-state index < -0.39 is 23.5 Å². The van der Waals surface area contributed by atoms with Crippen LogP contribution in [0.25, 0.3) is 17.2 Å². The lowest BCUT2D eigenvalue weighted by Crippen LogP contribution is -2.69. The van der Waals surface area contributed by atoms with Gasteiger partial charge in [0.15, 0.2) is 0 Å². The highest BCUT2D eigenvalue weighted by Crippen LogP contribution is 2.29. The minimum absolute atomic E-state index is 0.00439. The van der Waals surface area contributed by atoms with Crippen LogP contribution < -0.4 is 15.5 Å². The van der Waals surface area contributed by atoms with Crippen LogP contribution in [-0.4, -0.2) is 47.4 Å². The van der Waals surface area contributed by atoms with Gasteiger partial charge in [0.1, 0.15) is 16.9 Å². The molecule has 8 heteroatoms. The summed E-state index contributed by atoms with van der Waals surface area (Å²) in [5, 5.41) is 21.6. The van der Waals surface area contributed by atoms with Crippen molar-refractivity contribution in [2.45, 2.75) is 31.4 Å². The summed E-state index contributed by atoms with van der Waals surface area (Å²) in [6.07, 6.45) is 0.169. The number of benzene rings is 2. The number of ether oxygens (including phenoxy) is 1. The van der Waals surface area contributed by atoms with E-state index in [0.717, 1.165) is 36.3 Å². The highest BCUT2D eigenvalue weighted by atomic mass is 19.3. The standard InChI is InChI=1S/C22H26F2N2O4/c1-21(20(27)26-29,22(2,28)19(23)24)25-13-5-6-15-9-11-16(12-10-15)17-7-4-8-18(14-17)30-3/h4-12,14,19,25,28-29H,13H2,1-3H3,(H,26,27)/b6-5+. The zero-order valence-corrected chi connectivity index (χ0v) is 17.0. The van der Waals surface area contributed by atoms with Crippen molar-refractivity contribution in [2.75, 3.05) is 13.7 Å². The summed E-state index contributed by atoms with van der Waals surface area (Å²) in [5.41, 5.74) is -0.621. The fourth-order valence-electron chi connectivity index (χ4n) is 2.87. The van der Waals surface area contributed by atoms with Crippen molar-refractivity contribution in [3.8, 4) is 16.9 Å². The first-order valence-electron chi connectivity index (χ1n) is 9.27. The van der Waals surface area contributed by atoms with Crippen molar-refractivity contribution in [1.29, 1.82) is 0 Å². The number of amides is 1. The zero-order valence-electron chi connectivity index (χ0n) is 17.0. The average Bonchev–Trinajstić information content (AvgIpc) is 2.76. The van der Waals surface area contributed by atoms with Crippen LogP contribution in [0.1, 0.15) is 19.4 Å². The topological polar surface area (TPSA) is 90.8 Å². The molecule has 0 aliphatic heterocycles. The molecule has 0 radical (unpaired) electrons. The number of methoxy groups -OCH3 is 1. The fraction of sp³-hybridized carbons (Fsp3) is 0.318. The van der Waals surface area contributed by atoms with Gasteiger partial charge in [-0.05, 0) is 42.7 Å². The summed E-state index contributed by atoms with van der Waals surface area (Å²) < 4.78 is 31.7. The Kier molecular flexibility index (Phi) is 7.66. The molecular formula is C22H26F2N2O4. The predicted octanol–water partition coefficient (Wildman–Crippen LogP) is 3.25. The van der Waals surface area contributed by atoms with Crippen LogP contribution in [0.15, 0.2) is 54.6 Å². The zero-order chi connectivity index (χ0) is 22.4. The molecule has 0 saturated carbocycles. The number of hydrogen-bond donors (Lipinski definition) is 4. The molecular weight excluding hydrogens is 394 g/mol. The third-order valence-corrected chi connectivity index (χ3v) is 5.19. The van der Waals surface area contributed by atoms with Gasteiger partial charge in [0.05, 0.1) is 7.11 Å². The van der Waals surface area contributed by atoms with Crippen molar-refractivity contribution in [3.63, 3.8) is 0 Å².